The third-order valence-corrected chi connectivity index (χ3v) is 4.46. The van der Waals surface area contributed by atoms with Gasteiger partial charge in [0.15, 0.2) is 0 Å². The fourth-order valence-corrected chi connectivity index (χ4v) is 3.33. The van der Waals surface area contributed by atoms with Crippen LogP contribution in [0.3, 0.4) is 0 Å². The number of ketones is 1. The average Bonchev–Trinajstić information content (AvgIpc) is 2.96. The molecule has 3 rings (SSSR count). The Labute approximate surface area is 113 Å². The van der Waals surface area contributed by atoms with E-state index < -0.39 is 0 Å². The molecule has 0 spiro atoms. The smallest absolute Gasteiger partial charge is 0.307 e. The van der Waals surface area contributed by atoms with Gasteiger partial charge in [0, 0.05) is 12.3 Å². The molecule has 0 aromatic rings. The van der Waals surface area contributed by atoms with E-state index in [1.54, 1.807) is 0 Å². The molecular formula is C15H20O4. The molecule has 0 amide bonds. The molecular weight excluding hydrogens is 244 g/mol. The Morgan fingerprint density at radius 1 is 1.26 bits per heavy atom. The molecule has 3 fully saturated rings. The third kappa shape index (κ3) is 2.67. The second kappa shape index (κ2) is 5.35. The number of rotatable bonds is 3. The summed E-state index contributed by atoms with van der Waals surface area (Å²) in [7, 11) is 0. The zero-order chi connectivity index (χ0) is 13.2. The van der Waals surface area contributed by atoms with Crippen LogP contribution in [0.25, 0.3) is 0 Å². The minimum absolute atomic E-state index is 0.0478. The molecule has 0 unspecified atom stereocenters. The Morgan fingerprint density at radius 3 is 2.84 bits per heavy atom. The van der Waals surface area contributed by atoms with E-state index in [2.05, 4.69) is 0 Å². The van der Waals surface area contributed by atoms with Crippen LogP contribution in [0.2, 0.25) is 0 Å². The second-order valence-electron chi connectivity index (χ2n) is 5.76. The van der Waals surface area contributed by atoms with Crippen molar-refractivity contribution in [1.29, 1.82) is 0 Å². The summed E-state index contributed by atoms with van der Waals surface area (Å²) < 4.78 is 10.7. The molecule has 1 saturated carbocycles. The topological polar surface area (TPSA) is 52.6 Å². The molecule has 3 aliphatic rings. The van der Waals surface area contributed by atoms with E-state index in [4.69, 9.17) is 9.47 Å². The van der Waals surface area contributed by atoms with E-state index in [0.717, 1.165) is 18.6 Å². The van der Waals surface area contributed by atoms with Gasteiger partial charge in [0.2, 0.25) is 0 Å². The first-order valence-electron chi connectivity index (χ1n) is 7.29. The van der Waals surface area contributed by atoms with Gasteiger partial charge in [0.1, 0.15) is 24.3 Å². The van der Waals surface area contributed by atoms with Crippen LogP contribution < -0.4 is 0 Å². The number of ether oxygens (including phenoxy) is 2. The first-order chi connectivity index (χ1) is 9.24. The summed E-state index contributed by atoms with van der Waals surface area (Å²) in [5.41, 5.74) is 0. The molecule has 2 saturated heterocycles. The van der Waals surface area contributed by atoms with Crippen molar-refractivity contribution in [2.75, 3.05) is 6.61 Å². The summed E-state index contributed by atoms with van der Waals surface area (Å²) in [6, 6.07) is 0. The monoisotopic (exact) mass is 264 g/mol. The van der Waals surface area contributed by atoms with Gasteiger partial charge in [-0.3, -0.25) is 9.59 Å². The third-order valence-electron chi connectivity index (χ3n) is 4.46. The van der Waals surface area contributed by atoms with Gasteiger partial charge in [0.05, 0.1) is 12.3 Å². The van der Waals surface area contributed by atoms with E-state index in [1.165, 1.54) is 19.3 Å². The van der Waals surface area contributed by atoms with Crippen LogP contribution in [0.4, 0.5) is 0 Å². The molecule has 0 aromatic carbocycles. The van der Waals surface area contributed by atoms with Crippen molar-refractivity contribution < 1.29 is 19.1 Å². The van der Waals surface area contributed by atoms with Crippen molar-refractivity contribution in [1.82, 2.24) is 0 Å². The number of hydrogen-bond acceptors (Lipinski definition) is 4. The Morgan fingerprint density at radius 2 is 2.05 bits per heavy atom. The predicted molar refractivity (Wildman–Crippen MR) is 68.2 cm³/mol. The number of hydrogen-bond donors (Lipinski definition) is 0. The minimum Gasteiger partial charge on any atom is -0.494 e. The van der Waals surface area contributed by atoms with E-state index in [0.29, 0.717) is 25.2 Å². The van der Waals surface area contributed by atoms with Crippen LogP contribution in [-0.4, -0.2) is 24.5 Å². The van der Waals surface area contributed by atoms with Gasteiger partial charge in [-0.25, -0.2) is 0 Å². The Hall–Kier alpha value is -1.32. The molecule has 1 aliphatic carbocycles. The first kappa shape index (κ1) is 12.7. The largest absolute Gasteiger partial charge is 0.494 e. The number of esters is 1. The van der Waals surface area contributed by atoms with Crippen LogP contribution in [0, 0.1) is 11.8 Å². The lowest BCUT2D eigenvalue weighted by Crippen LogP contribution is -2.17. The van der Waals surface area contributed by atoms with Gasteiger partial charge in [-0.05, 0) is 18.9 Å². The maximum atomic E-state index is 12.1. The molecule has 2 aliphatic heterocycles. The Balaban J connectivity index is 1.57. The zero-order valence-electron chi connectivity index (χ0n) is 11.1. The van der Waals surface area contributed by atoms with Crippen LogP contribution >= 0.6 is 0 Å². The van der Waals surface area contributed by atoms with Crippen LogP contribution in [0.15, 0.2) is 11.8 Å². The highest BCUT2D eigenvalue weighted by atomic mass is 16.6. The minimum atomic E-state index is -0.150. The fourth-order valence-electron chi connectivity index (χ4n) is 3.33. The molecule has 0 aromatic heterocycles. The molecule has 104 valence electrons. The average molecular weight is 264 g/mol. The van der Waals surface area contributed by atoms with E-state index in [9.17, 15) is 9.59 Å². The van der Waals surface area contributed by atoms with Crippen LogP contribution in [-0.2, 0) is 19.1 Å². The van der Waals surface area contributed by atoms with Crippen molar-refractivity contribution in [2.24, 2.45) is 11.8 Å². The highest BCUT2D eigenvalue weighted by Crippen LogP contribution is 2.36. The van der Waals surface area contributed by atoms with Crippen molar-refractivity contribution in [2.45, 2.75) is 51.0 Å². The molecule has 2 atom stereocenters. The van der Waals surface area contributed by atoms with Crippen LogP contribution in [0.5, 0.6) is 0 Å². The SMILES string of the molecule is O=C1C[C@@H]2C(=CCC(=O)C3CCCCC3)OC[C@@H]2O1. The summed E-state index contributed by atoms with van der Waals surface area (Å²) in [6.45, 7) is 0.444. The van der Waals surface area contributed by atoms with E-state index in [1.807, 2.05) is 6.08 Å². The highest BCUT2D eigenvalue weighted by Gasteiger charge is 2.43. The predicted octanol–water partition coefficient (Wildman–Crippen LogP) is 2.37. The summed E-state index contributed by atoms with van der Waals surface area (Å²) in [5, 5.41) is 0. The van der Waals surface area contributed by atoms with Gasteiger partial charge >= 0.3 is 5.97 Å². The lowest BCUT2D eigenvalue weighted by Gasteiger charge is -2.19. The molecule has 0 radical (unpaired) electrons. The second-order valence-corrected chi connectivity index (χ2v) is 5.76. The fraction of sp³-hybridized carbons (Fsp3) is 0.733. The molecule has 19 heavy (non-hydrogen) atoms. The standard InChI is InChI=1S/C15H20O4/c16-12(10-4-2-1-3-5-10)6-7-13-11-8-15(17)19-14(11)9-18-13/h7,10-11,14H,1-6,8-9H2/t11-,14+/m1/s1. The van der Waals surface area contributed by atoms with Crippen molar-refractivity contribution >= 4 is 11.8 Å². The quantitative estimate of drug-likeness (QED) is 0.734. The normalized spacial score (nSPS) is 33.1. The lowest BCUT2D eigenvalue weighted by atomic mass is 9.85. The van der Waals surface area contributed by atoms with Gasteiger partial charge in [0.25, 0.3) is 0 Å². The molecule has 0 bridgehead atoms. The van der Waals surface area contributed by atoms with E-state index >= 15 is 0 Å². The maximum absolute atomic E-state index is 12.1. The lowest BCUT2D eigenvalue weighted by molar-refractivity contribution is -0.142. The zero-order valence-corrected chi connectivity index (χ0v) is 11.1. The van der Waals surface area contributed by atoms with Crippen molar-refractivity contribution in [3.63, 3.8) is 0 Å². The molecule has 2 heterocycles. The van der Waals surface area contributed by atoms with Gasteiger partial charge < -0.3 is 9.47 Å². The number of carbonyl (C=O) groups is 2. The Kier molecular flexibility index (Phi) is 3.58. The maximum Gasteiger partial charge on any atom is 0.307 e. The van der Waals surface area contributed by atoms with Crippen molar-refractivity contribution in [3.8, 4) is 0 Å². The van der Waals surface area contributed by atoms with Gasteiger partial charge in [-0.2, -0.15) is 0 Å². The summed E-state index contributed by atoms with van der Waals surface area (Å²) >= 11 is 0. The molecule has 4 nitrogen and oxygen atoms in total. The summed E-state index contributed by atoms with van der Waals surface area (Å²) in [4.78, 5) is 23.3. The van der Waals surface area contributed by atoms with Gasteiger partial charge in [-0.15, -0.1) is 0 Å². The van der Waals surface area contributed by atoms with E-state index in [-0.39, 0.29) is 23.9 Å². The summed E-state index contributed by atoms with van der Waals surface area (Å²) in [5.74, 6) is 1.25. The molecule has 0 N–H and O–H groups in total. The van der Waals surface area contributed by atoms with Gasteiger partial charge in [-0.1, -0.05) is 19.3 Å². The van der Waals surface area contributed by atoms with Crippen molar-refractivity contribution in [3.05, 3.63) is 11.8 Å². The highest BCUT2D eigenvalue weighted by molar-refractivity contribution is 5.82. The molecule has 4 heteroatoms. The number of fused-ring (bicyclic) bond motifs is 1. The number of Topliss-reactive ketones (excluding diaryl/α,β-unsaturated/α-hetero) is 1. The Bertz CT molecular complexity index is 406. The van der Waals surface area contributed by atoms with Crippen LogP contribution in [0.1, 0.15) is 44.9 Å². The first-order valence-corrected chi connectivity index (χ1v) is 7.29. The number of carbonyl (C=O) groups excluding carboxylic acids is 2. The summed E-state index contributed by atoms with van der Waals surface area (Å²) in [6.07, 6.45) is 8.29. The number of allylic oxidation sites excluding steroid dienone is 1.